The lowest BCUT2D eigenvalue weighted by molar-refractivity contribution is -0.143. The van der Waals surface area contributed by atoms with Gasteiger partial charge in [-0.15, -0.1) is 0 Å². The van der Waals surface area contributed by atoms with Crippen molar-refractivity contribution in [3.63, 3.8) is 0 Å². The molecule has 6 nitrogen and oxygen atoms in total. The van der Waals surface area contributed by atoms with E-state index in [-0.39, 0.29) is 18.5 Å². The molecule has 2 unspecified atom stereocenters. The van der Waals surface area contributed by atoms with Gasteiger partial charge in [0.25, 0.3) is 0 Å². The molecule has 0 heterocycles. The monoisotopic (exact) mass is 1180 g/mol. The van der Waals surface area contributed by atoms with Crippen LogP contribution in [0.5, 0.6) is 0 Å². The average Bonchev–Trinajstić information content (AvgIpc) is 3.51. The molecular weight excluding hydrogens is 1030 g/mol. The van der Waals surface area contributed by atoms with Crippen molar-refractivity contribution in [1.29, 1.82) is 0 Å². The largest absolute Gasteiger partial charge is 0.466 e. The fourth-order valence-corrected chi connectivity index (χ4v) is 11.8. The van der Waals surface area contributed by atoms with E-state index in [4.69, 9.17) is 4.74 Å². The van der Waals surface area contributed by atoms with Gasteiger partial charge in [0.15, 0.2) is 0 Å². The Balaban J connectivity index is 3.38. The first-order valence-corrected chi connectivity index (χ1v) is 37.9. The number of ether oxygens (including phenoxy) is 1. The standard InChI is InChI=1S/C78H147NO5/c1-3-5-7-9-11-13-15-17-19-20-40-43-46-50-54-58-62-66-70-76(81)75(74-80)79-77(82)71-67-63-59-55-51-47-44-41-38-36-34-32-30-28-26-24-22-21-23-25-27-29-31-33-35-37-39-42-45-49-53-57-61-65-69-73-84-78(83)72-68-64-60-56-52-48-18-16-14-12-10-8-6-4-2/h10,12,16,18,23,25,29,31,75-76,80-81H,3-9,11,13-15,17,19-22,24,26-28,30,32-74H2,1-2H3,(H,79,82)/b12-10-,18-16-,25-23-,31-29-. The molecule has 0 aromatic carbocycles. The number of amides is 1. The number of aliphatic hydroxyl groups is 2. The predicted molar refractivity (Wildman–Crippen MR) is 370 cm³/mol. The molecule has 0 bridgehead atoms. The Morgan fingerprint density at radius 1 is 0.333 bits per heavy atom. The van der Waals surface area contributed by atoms with Gasteiger partial charge in [-0.2, -0.15) is 0 Å². The van der Waals surface area contributed by atoms with Gasteiger partial charge in [-0.25, -0.2) is 0 Å². The average molecular weight is 1180 g/mol. The van der Waals surface area contributed by atoms with Crippen molar-refractivity contribution >= 4 is 11.9 Å². The number of nitrogens with one attached hydrogen (secondary N) is 1. The molecule has 0 aliphatic heterocycles. The maximum absolute atomic E-state index is 12.5. The SMILES string of the molecule is CCCC/C=C\C/C=C\CCCCCCCC(=O)OCCCCCCCCCCCCC/C=C\C/C=C\CCCCCCCCCCCCCCCCCCCC(=O)NC(CO)C(O)CCCCCCCCCCCCCCCCCCCC. The first-order valence-electron chi connectivity index (χ1n) is 37.9. The maximum atomic E-state index is 12.5. The fraction of sp³-hybridized carbons (Fsp3) is 0.872. The van der Waals surface area contributed by atoms with Crippen LogP contribution in [-0.4, -0.2) is 47.4 Å². The Morgan fingerprint density at radius 3 is 0.940 bits per heavy atom. The summed E-state index contributed by atoms with van der Waals surface area (Å²) < 4.78 is 5.48. The second-order valence-electron chi connectivity index (χ2n) is 26.0. The van der Waals surface area contributed by atoms with E-state index >= 15 is 0 Å². The molecule has 0 aromatic rings. The summed E-state index contributed by atoms with van der Waals surface area (Å²) in [6.07, 6.45) is 96.1. The molecular formula is C78H147NO5. The molecule has 0 aromatic heterocycles. The summed E-state index contributed by atoms with van der Waals surface area (Å²) in [6.45, 7) is 4.94. The van der Waals surface area contributed by atoms with Crippen molar-refractivity contribution in [2.24, 2.45) is 0 Å². The molecule has 6 heteroatoms. The highest BCUT2D eigenvalue weighted by molar-refractivity contribution is 5.76. The molecule has 0 aliphatic carbocycles. The summed E-state index contributed by atoms with van der Waals surface area (Å²) in [5.41, 5.74) is 0. The number of carbonyl (C=O) groups excluding carboxylic acids is 2. The summed E-state index contributed by atoms with van der Waals surface area (Å²) in [5.74, 6) is -0.0267. The van der Waals surface area contributed by atoms with Gasteiger partial charge >= 0.3 is 5.97 Å². The third kappa shape index (κ3) is 68.9. The molecule has 1 amide bonds. The van der Waals surface area contributed by atoms with Crippen LogP contribution in [0.3, 0.4) is 0 Å². The number of aliphatic hydroxyl groups excluding tert-OH is 2. The molecule has 84 heavy (non-hydrogen) atoms. The van der Waals surface area contributed by atoms with Crippen LogP contribution in [0.2, 0.25) is 0 Å². The van der Waals surface area contributed by atoms with Crippen molar-refractivity contribution < 1.29 is 24.5 Å². The van der Waals surface area contributed by atoms with E-state index in [0.717, 1.165) is 57.8 Å². The molecule has 494 valence electrons. The number of hydrogen-bond donors (Lipinski definition) is 3. The highest BCUT2D eigenvalue weighted by Gasteiger charge is 2.20. The van der Waals surface area contributed by atoms with Crippen LogP contribution in [0.15, 0.2) is 48.6 Å². The number of hydrogen-bond acceptors (Lipinski definition) is 5. The van der Waals surface area contributed by atoms with Crippen molar-refractivity contribution in [1.82, 2.24) is 5.32 Å². The van der Waals surface area contributed by atoms with Gasteiger partial charge in [0.05, 0.1) is 25.4 Å². The number of rotatable bonds is 71. The highest BCUT2D eigenvalue weighted by atomic mass is 16.5. The molecule has 2 atom stereocenters. The van der Waals surface area contributed by atoms with E-state index in [1.54, 1.807) is 0 Å². The molecule has 0 radical (unpaired) electrons. The lowest BCUT2D eigenvalue weighted by atomic mass is 10.0. The topological polar surface area (TPSA) is 95.9 Å². The summed E-state index contributed by atoms with van der Waals surface area (Å²) in [5, 5.41) is 23.4. The molecule has 0 rings (SSSR count). The first-order chi connectivity index (χ1) is 41.5. The fourth-order valence-electron chi connectivity index (χ4n) is 11.8. The first kappa shape index (κ1) is 81.8. The van der Waals surface area contributed by atoms with Crippen molar-refractivity contribution in [2.75, 3.05) is 13.2 Å². The second-order valence-corrected chi connectivity index (χ2v) is 26.0. The Hall–Kier alpha value is -2.18. The lowest BCUT2D eigenvalue weighted by Gasteiger charge is -2.22. The number of allylic oxidation sites excluding steroid dienone is 8. The van der Waals surface area contributed by atoms with Crippen molar-refractivity contribution in [3.8, 4) is 0 Å². The second kappa shape index (κ2) is 73.3. The highest BCUT2D eigenvalue weighted by Crippen LogP contribution is 2.19. The third-order valence-electron chi connectivity index (χ3n) is 17.6. The Kier molecular flexibility index (Phi) is 71.4. The van der Waals surface area contributed by atoms with Gasteiger partial charge in [-0.05, 0) is 83.5 Å². The predicted octanol–water partition coefficient (Wildman–Crippen LogP) is 24.8. The van der Waals surface area contributed by atoms with Crippen molar-refractivity contribution in [3.05, 3.63) is 48.6 Å². The lowest BCUT2D eigenvalue weighted by Crippen LogP contribution is -2.45. The molecule has 0 aliphatic rings. The minimum atomic E-state index is -0.664. The van der Waals surface area contributed by atoms with Crippen LogP contribution in [-0.2, 0) is 14.3 Å². The van der Waals surface area contributed by atoms with Gasteiger partial charge in [0, 0.05) is 12.8 Å². The van der Waals surface area contributed by atoms with Crippen LogP contribution in [0, 0.1) is 0 Å². The van der Waals surface area contributed by atoms with Crippen LogP contribution < -0.4 is 5.32 Å². The minimum absolute atomic E-state index is 0.00231. The molecule has 0 fully saturated rings. The van der Waals surface area contributed by atoms with E-state index in [9.17, 15) is 19.8 Å². The number of esters is 1. The van der Waals surface area contributed by atoms with Gasteiger partial charge in [0.1, 0.15) is 0 Å². The van der Waals surface area contributed by atoms with E-state index < -0.39 is 12.1 Å². The van der Waals surface area contributed by atoms with Gasteiger partial charge in [-0.1, -0.05) is 364 Å². The Labute approximate surface area is 525 Å². The van der Waals surface area contributed by atoms with Gasteiger partial charge in [-0.3, -0.25) is 9.59 Å². The van der Waals surface area contributed by atoms with Crippen LogP contribution in [0.1, 0.15) is 412 Å². The Bertz CT molecular complexity index is 1400. The van der Waals surface area contributed by atoms with E-state index in [0.29, 0.717) is 25.9 Å². The summed E-state index contributed by atoms with van der Waals surface area (Å²) >= 11 is 0. The van der Waals surface area contributed by atoms with E-state index in [1.807, 2.05) is 0 Å². The zero-order chi connectivity index (χ0) is 60.6. The smallest absolute Gasteiger partial charge is 0.305 e. The number of carbonyl (C=O) groups is 2. The quantitative estimate of drug-likeness (QED) is 0.0320. The van der Waals surface area contributed by atoms with Gasteiger partial charge in [0.2, 0.25) is 5.91 Å². The summed E-state index contributed by atoms with van der Waals surface area (Å²) in [7, 11) is 0. The zero-order valence-corrected chi connectivity index (χ0v) is 56.6. The van der Waals surface area contributed by atoms with Crippen molar-refractivity contribution in [2.45, 2.75) is 424 Å². The Morgan fingerprint density at radius 2 is 0.607 bits per heavy atom. The summed E-state index contributed by atoms with van der Waals surface area (Å²) in [6, 6.07) is -0.541. The molecule has 0 spiro atoms. The van der Waals surface area contributed by atoms with Gasteiger partial charge < -0.3 is 20.3 Å². The molecule has 3 N–H and O–H groups in total. The third-order valence-corrected chi connectivity index (χ3v) is 17.6. The van der Waals surface area contributed by atoms with Crippen LogP contribution in [0.25, 0.3) is 0 Å². The maximum Gasteiger partial charge on any atom is 0.305 e. The zero-order valence-electron chi connectivity index (χ0n) is 56.6. The van der Waals surface area contributed by atoms with Crippen LogP contribution in [0.4, 0.5) is 0 Å². The normalized spacial score (nSPS) is 12.8. The molecule has 0 saturated heterocycles. The van der Waals surface area contributed by atoms with Crippen LogP contribution >= 0.6 is 0 Å². The van der Waals surface area contributed by atoms with E-state index in [1.165, 1.54) is 321 Å². The summed E-state index contributed by atoms with van der Waals surface area (Å²) in [4.78, 5) is 24.6. The minimum Gasteiger partial charge on any atom is -0.466 e. The van der Waals surface area contributed by atoms with E-state index in [2.05, 4.69) is 67.8 Å². The number of unbranched alkanes of at least 4 members (excludes halogenated alkanes) is 52. The molecule has 0 saturated carbocycles.